The molecule has 1 atom stereocenters. The maximum absolute atomic E-state index is 12.0. The number of carbonyl (C=O) groups excluding carboxylic acids is 1. The third-order valence-corrected chi connectivity index (χ3v) is 3.62. The molecule has 1 saturated heterocycles. The summed E-state index contributed by atoms with van der Waals surface area (Å²) in [5, 5.41) is 11.7. The molecule has 0 aromatic carbocycles. The number of rotatable bonds is 4. The van der Waals surface area contributed by atoms with Gasteiger partial charge in [-0.3, -0.25) is 0 Å². The van der Waals surface area contributed by atoms with Crippen LogP contribution < -0.4 is 5.32 Å². The van der Waals surface area contributed by atoms with Crippen molar-refractivity contribution in [2.24, 2.45) is 0 Å². The smallest absolute Gasteiger partial charge is 0.329 e. The summed E-state index contributed by atoms with van der Waals surface area (Å²) in [7, 11) is 1.70. The number of hydrogen-bond donors (Lipinski definition) is 2. The molecule has 6 heteroatoms. The minimum atomic E-state index is -1.21. The zero-order valence-corrected chi connectivity index (χ0v) is 11.2. The summed E-state index contributed by atoms with van der Waals surface area (Å²) < 4.78 is 5.24. The van der Waals surface area contributed by atoms with Crippen LogP contribution in [0.5, 0.6) is 0 Å². The fourth-order valence-corrected chi connectivity index (χ4v) is 1.86. The molecule has 1 heterocycles. The minimum absolute atomic E-state index is 0.119. The first kappa shape index (κ1) is 14.8. The van der Waals surface area contributed by atoms with Gasteiger partial charge in [-0.15, -0.1) is 0 Å². The molecule has 0 aliphatic carbocycles. The Morgan fingerprint density at radius 3 is 2.44 bits per heavy atom. The van der Waals surface area contributed by atoms with Crippen molar-refractivity contribution in [1.82, 2.24) is 10.2 Å². The average molecular weight is 258 g/mol. The van der Waals surface area contributed by atoms with Crippen LogP contribution in [-0.2, 0) is 9.53 Å². The Balaban J connectivity index is 2.60. The Labute approximate surface area is 107 Å². The van der Waals surface area contributed by atoms with Crippen molar-refractivity contribution in [3.05, 3.63) is 0 Å². The first-order valence-electron chi connectivity index (χ1n) is 6.27. The lowest BCUT2D eigenvalue weighted by atomic mass is 9.99. The van der Waals surface area contributed by atoms with Crippen molar-refractivity contribution in [3.63, 3.8) is 0 Å². The Bertz CT molecular complexity index is 315. The van der Waals surface area contributed by atoms with Crippen LogP contribution in [0.3, 0.4) is 0 Å². The van der Waals surface area contributed by atoms with E-state index in [1.165, 1.54) is 6.92 Å². The zero-order valence-electron chi connectivity index (χ0n) is 11.2. The monoisotopic (exact) mass is 258 g/mol. The van der Waals surface area contributed by atoms with E-state index in [4.69, 9.17) is 9.84 Å². The van der Waals surface area contributed by atoms with Gasteiger partial charge in [0.15, 0.2) is 0 Å². The lowest BCUT2D eigenvalue weighted by Crippen LogP contribution is -2.57. The van der Waals surface area contributed by atoms with Gasteiger partial charge in [-0.05, 0) is 26.2 Å². The fraction of sp³-hybridized carbons (Fsp3) is 0.833. The summed E-state index contributed by atoms with van der Waals surface area (Å²) in [5.41, 5.74) is -1.21. The molecule has 1 fully saturated rings. The van der Waals surface area contributed by atoms with Gasteiger partial charge in [0.1, 0.15) is 5.54 Å². The highest BCUT2D eigenvalue weighted by Gasteiger charge is 2.35. The number of hydrogen-bond acceptors (Lipinski definition) is 3. The number of urea groups is 1. The summed E-state index contributed by atoms with van der Waals surface area (Å²) in [6.07, 6.45) is 1.93. The van der Waals surface area contributed by atoms with Gasteiger partial charge in [-0.1, -0.05) is 6.92 Å². The summed E-state index contributed by atoms with van der Waals surface area (Å²) in [6.45, 7) is 4.55. The van der Waals surface area contributed by atoms with Crippen molar-refractivity contribution in [2.75, 3.05) is 20.3 Å². The van der Waals surface area contributed by atoms with E-state index >= 15 is 0 Å². The number of nitrogens with zero attached hydrogens (tertiary/aromatic N) is 1. The van der Waals surface area contributed by atoms with E-state index in [0.717, 1.165) is 12.8 Å². The number of carboxylic acid groups (broad SMARTS) is 1. The molecule has 0 aromatic rings. The van der Waals surface area contributed by atoms with E-state index in [0.29, 0.717) is 19.6 Å². The van der Waals surface area contributed by atoms with Crippen LogP contribution in [0.15, 0.2) is 0 Å². The van der Waals surface area contributed by atoms with Gasteiger partial charge in [0.05, 0.1) is 0 Å². The van der Waals surface area contributed by atoms with Crippen molar-refractivity contribution >= 4 is 12.0 Å². The van der Waals surface area contributed by atoms with Gasteiger partial charge >= 0.3 is 12.0 Å². The van der Waals surface area contributed by atoms with E-state index in [2.05, 4.69) is 5.32 Å². The summed E-state index contributed by atoms with van der Waals surface area (Å²) in [4.78, 5) is 24.7. The molecule has 18 heavy (non-hydrogen) atoms. The predicted octanol–water partition coefficient (Wildman–Crippen LogP) is 1.06. The Morgan fingerprint density at radius 2 is 2.00 bits per heavy atom. The molecular formula is C12H22N2O4. The number of carboxylic acids is 1. The molecule has 104 valence electrons. The van der Waals surface area contributed by atoms with Crippen LogP contribution in [0.2, 0.25) is 0 Å². The predicted molar refractivity (Wildman–Crippen MR) is 66.5 cm³/mol. The van der Waals surface area contributed by atoms with E-state index in [1.54, 1.807) is 18.9 Å². The number of amides is 2. The SMILES string of the molecule is CCC(C)(NC(=O)N(C)C1CCOCC1)C(=O)O. The van der Waals surface area contributed by atoms with Gasteiger partial charge in [-0.25, -0.2) is 9.59 Å². The molecule has 1 aliphatic heterocycles. The first-order chi connectivity index (χ1) is 8.40. The molecule has 6 nitrogen and oxygen atoms in total. The van der Waals surface area contributed by atoms with Crippen LogP contribution >= 0.6 is 0 Å². The van der Waals surface area contributed by atoms with E-state index in [9.17, 15) is 9.59 Å². The zero-order chi connectivity index (χ0) is 13.8. The number of aliphatic carboxylic acids is 1. The summed E-state index contributed by atoms with van der Waals surface area (Å²) in [5.74, 6) is -1.02. The van der Waals surface area contributed by atoms with Crippen molar-refractivity contribution in [1.29, 1.82) is 0 Å². The lowest BCUT2D eigenvalue weighted by Gasteiger charge is -2.34. The maximum atomic E-state index is 12.0. The molecule has 0 aromatic heterocycles. The quantitative estimate of drug-likeness (QED) is 0.790. The highest BCUT2D eigenvalue weighted by Crippen LogP contribution is 2.15. The number of nitrogens with one attached hydrogen (secondary N) is 1. The standard InChI is InChI=1S/C12H22N2O4/c1-4-12(2,10(15)16)13-11(17)14(3)9-5-7-18-8-6-9/h9H,4-8H2,1-3H3,(H,13,17)(H,15,16). The van der Waals surface area contributed by atoms with Crippen LogP contribution in [0.25, 0.3) is 0 Å². The molecule has 0 radical (unpaired) electrons. The van der Waals surface area contributed by atoms with Crippen molar-refractivity contribution in [3.8, 4) is 0 Å². The molecule has 0 spiro atoms. The Hall–Kier alpha value is -1.30. The van der Waals surface area contributed by atoms with Crippen LogP contribution in [-0.4, -0.2) is 53.8 Å². The normalized spacial score (nSPS) is 19.9. The van der Waals surface area contributed by atoms with Gasteiger partial charge in [-0.2, -0.15) is 0 Å². The van der Waals surface area contributed by atoms with E-state index in [1.807, 2.05) is 0 Å². The van der Waals surface area contributed by atoms with Gasteiger partial charge < -0.3 is 20.1 Å². The second-order valence-electron chi connectivity index (χ2n) is 4.88. The first-order valence-corrected chi connectivity index (χ1v) is 6.27. The van der Waals surface area contributed by atoms with Gasteiger partial charge in [0.25, 0.3) is 0 Å². The largest absolute Gasteiger partial charge is 0.480 e. The molecule has 2 amide bonds. The van der Waals surface area contributed by atoms with E-state index in [-0.39, 0.29) is 12.1 Å². The van der Waals surface area contributed by atoms with Crippen molar-refractivity contribution in [2.45, 2.75) is 44.7 Å². The molecule has 1 aliphatic rings. The number of ether oxygens (including phenoxy) is 1. The number of carbonyl (C=O) groups is 2. The topological polar surface area (TPSA) is 78.9 Å². The van der Waals surface area contributed by atoms with Gasteiger partial charge in [0.2, 0.25) is 0 Å². The lowest BCUT2D eigenvalue weighted by molar-refractivity contribution is -0.143. The van der Waals surface area contributed by atoms with E-state index < -0.39 is 11.5 Å². The molecule has 1 unspecified atom stereocenters. The molecule has 1 rings (SSSR count). The summed E-state index contributed by atoms with van der Waals surface area (Å²) >= 11 is 0. The Kier molecular flexibility index (Phi) is 4.95. The van der Waals surface area contributed by atoms with Crippen LogP contribution in [0.4, 0.5) is 4.79 Å². The third-order valence-electron chi connectivity index (χ3n) is 3.62. The molecule has 0 bridgehead atoms. The second kappa shape index (κ2) is 6.04. The second-order valence-corrected chi connectivity index (χ2v) is 4.88. The molecule has 0 saturated carbocycles. The highest BCUT2D eigenvalue weighted by atomic mass is 16.5. The van der Waals surface area contributed by atoms with Gasteiger partial charge in [0, 0.05) is 26.3 Å². The Morgan fingerprint density at radius 1 is 1.44 bits per heavy atom. The fourth-order valence-electron chi connectivity index (χ4n) is 1.86. The van der Waals surface area contributed by atoms with Crippen LogP contribution in [0.1, 0.15) is 33.1 Å². The van der Waals surface area contributed by atoms with Crippen LogP contribution in [0, 0.1) is 0 Å². The maximum Gasteiger partial charge on any atom is 0.329 e. The third kappa shape index (κ3) is 3.35. The molecular weight excluding hydrogens is 236 g/mol. The molecule has 2 N–H and O–H groups in total. The average Bonchev–Trinajstić information content (AvgIpc) is 2.38. The minimum Gasteiger partial charge on any atom is -0.480 e. The highest BCUT2D eigenvalue weighted by molar-refractivity contribution is 5.85. The van der Waals surface area contributed by atoms with Crippen molar-refractivity contribution < 1.29 is 19.4 Å². The summed E-state index contributed by atoms with van der Waals surface area (Å²) in [6, 6.07) is -0.220.